The number of methoxy groups -OCH3 is 1. The SMILES string of the molecule is CNCCN(C)C1CCCc2cc(OC)ccc21. The van der Waals surface area contributed by atoms with Crippen molar-refractivity contribution >= 4 is 0 Å². The molecule has 1 aromatic rings. The molecule has 1 aliphatic carbocycles. The van der Waals surface area contributed by atoms with E-state index in [2.05, 4.69) is 35.5 Å². The number of nitrogens with zero attached hydrogens (tertiary/aromatic N) is 1. The van der Waals surface area contributed by atoms with E-state index >= 15 is 0 Å². The van der Waals surface area contributed by atoms with E-state index in [1.165, 1.54) is 30.4 Å². The third kappa shape index (κ3) is 2.85. The van der Waals surface area contributed by atoms with Crippen molar-refractivity contribution in [2.75, 3.05) is 34.3 Å². The van der Waals surface area contributed by atoms with Gasteiger partial charge in [-0.05, 0) is 56.6 Å². The van der Waals surface area contributed by atoms with Crippen LogP contribution in [-0.2, 0) is 6.42 Å². The molecule has 0 amide bonds. The number of aryl methyl sites for hydroxylation is 1. The van der Waals surface area contributed by atoms with Gasteiger partial charge in [-0.2, -0.15) is 0 Å². The van der Waals surface area contributed by atoms with Crippen LogP contribution >= 0.6 is 0 Å². The average molecular weight is 248 g/mol. The Morgan fingerprint density at radius 2 is 2.28 bits per heavy atom. The Hall–Kier alpha value is -1.06. The zero-order valence-electron chi connectivity index (χ0n) is 11.7. The Balaban J connectivity index is 2.17. The summed E-state index contributed by atoms with van der Waals surface area (Å²) in [6, 6.07) is 7.10. The van der Waals surface area contributed by atoms with Crippen molar-refractivity contribution in [3.05, 3.63) is 29.3 Å². The van der Waals surface area contributed by atoms with Crippen LogP contribution in [0, 0.1) is 0 Å². The highest BCUT2D eigenvalue weighted by Crippen LogP contribution is 2.35. The summed E-state index contributed by atoms with van der Waals surface area (Å²) < 4.78 is 5.32. The van der Waals surface area contributed by atoms with Gasteiger partial charge in [-0.3, -0.25) is 4.90 Å². The molecule has 0 bridgehead atoms. The molecule has 1 atom stereocenters. The van der Waals surface area contributed by atoms with Gasteiger partial charge in [0.25, 0.3) is 0 Å². The molecule has 0 aliphatic heterocycles. The molecule has 3 nitrogen and oxygen atoms in total. The van der Waals surface area contributed by atoms with Crippen LogP contribution in [0.3, 0.4) is 0 Å². The standard InChI is InChI=1S/C15H24N2O/c1-16-9-10-17(2)15-6-4-5-12-11-13(18-3)7-8-14(12)15/h7-8,11,15-16H,4-6,9-10H2,1-3H3. The van der Waals surface area contributed by atoms with Crippen LogP contribution in [0.1, 0.15) is 30.0 Å². The van der Waals surface area contributed by atoms with Crippen molar-refractivity contribution in [3.8, 4) is 5.75 Å². The van der Waals surface area contributed by atoms with Crippen molar-refractivity contribution in [2.24, 2.45) is 0 Å². The number of hydrogen-bond donors (Lipinski definition) is 1. The molecule has 100 valence electrons. The highest BCUT2D eigenvalue weighted by atomic mass is 16.5. The van der Waals surface area contributed by atoms with Gasteiger partial charge >= 0.3 is 0 Å². The minimum Gasteiger partial charge on any atom is -0.497 e. The fraction of sp³-hybridized carbons (Fsp3) is 0.600. The number of hydrogen-bond acceptors (Lipinski definition) is 3. The van der Waals surface area contributed by atoms with E-state index in [0.717, 1.165) is 18.8 Å². The maximum absolute atomic E-state index is 5.32. The van der Waals surface area contributed by atoms with Gasteiger partial charge in [-0.15, -0.1) is 0 Å². The summed E-state index contributed by atoms with van der Waals surface area (Å²) in [5.74, 6) is 0.979. The van der Waals surface area contributed by atoms with Gasteiger partial charge < -0.3 is 10.1 Å². The second kappa shape index (κ2) is 6.21. The summed E-state index contributed by atoms with van der Waals surface area (Å²) in [6.45, 7) is 2.13. The Morgan fingerprint density at radius 3 is 3.00 bits per heavy atom. The zero-order chi connectivity index (χ0) is 13.0. The van der Waals surface area contributed by atoms with E-state index in [4.69, 9.17) is 4.74 Å². The van der Waals surface area contributed by atoms with E-state index in [0.29, 0.717) is 6.04 Å². The minimum absolute atomic E-state index is 0.563. The van der Waals surface area contributed by atoms with Crippen LogP contribution in [-0.4, -0.2) is 39.2 Å². The van der Waals surface area contributed by atoms with E-state index in [1.807, 2.05) is 7.05 Å². The predicted molar refractivity (Wildman–Crippen MR) is 75.2 cm³/mol. The fourth-order valence-electron chi connectivity index (χ4n) is 2.79. The lowest BCUT2D eigenvalue weighted by atomic mass is 9.87. The Morgan fingerprint density at radius 1 is 1.44 bits per heavy atom. The lowest BCUT2D eigenvalue weighted by Gasteiger charge is -2.33. The first-order valence-corrected chi connectivity index (χ1v) is 6.78. The third-order valence-electron chi connectivity index (χ3n) is 3.88. The molecular formula is C15H24N2O. The van der Waals surface area contributed by atoms with E-state index in [1.54, 1.807) is 7.11 Å². The smallest absolute Gasteiger partial charge is 0.119 e. The van der Waals surface area contributed by atoms with Gasteiger partial charge in [-0.25, -0.2) is 0 Å². The summed E-state index contributed by atoms with van der Waals surface area (Å²) in [5, 5.41) is 3.22. The lowest BCUT2D eigenvalue weighted by molar-refractivity contribution is 0.223. The molecule has 0 saturated heterocycles. The molecule has 2 rings (SSSR count). The quantitative estimate of drug-likeness (QED) is 0.865. The molecule has 0 aromatic heterocycles. The number of fused-ring (bicyclic) bond motifs is 1. The Labute approximate surface area is 110 Å². The molecule has 0 heterocycles. The van der Waals surface area contributed by atoms with Gasteiger partial charge in [0.2, 0.25) is 0 Å². The van der Waals surface area contributed by atoms with Gasteiger partial charge in [0.1, 0.15) is 5.75 Å². The Kier molecular flexibility index (Phi) is 4.61. The summed E-state index contributed by atoms with van der Waals surface area (Å²) in [6.07, 6.45) is 3.72. The van der Waals surface area contributed by atoms with Crippen molar-refractivity contribution in [3.63, 3.8) is 0 Å². The summed E-state index contributed by atoms with van der Waals surface area (Å²) in [5.41, 5.74) is 2.95. The second-order valence-electron chi connectivity index (χ2n) is 5.06. The van der Waals surface area contributed by atoms with Crippen LogP contribution in [0.5, 0.6) is 5.75 Å². The van der Waals surface area contributed by atoms with E-state index in [9.17, 15) is 0 Å². The summed E-state index contributed by atoms with van der Waals surface area (Å²) in [7, 11) is 5.97. The van der Waals surface area contributed by atoms with Gasteiger partial charge in [-0.1, -0.05) is 6.07 Å². The molecule has 3 heteroatoms. The molecule has 1 aliphatic rings. The molecule has 0 radical (unpaired) electrons. The van der Waals surface area contributed by atoms with Crippen LogP contribution in [0.2, 0.25) is 0 Å². The molecule has 0 saturated carbocycles. The van der Waals surface area contributed by atoms with Crippen molar-refractivity contribution in [2.45, 2.75) is 25.3 Å². The predicted octanol–water partition coefficient (Wildman–Crippen LogP) is 2.22. The maximum Gasteiger partial charge on any atom is 0.119 e. The fourth-order valence-corrected chi connectivity index (χ4v) is 2.79. The first-order chi connectivity index (χ1) is 8.76. The third-order valence-corrected chi connectivity index (χ3v) is 3.88. The topological polar surface area (TPSA) is 24.5 Å². The van der Waals surface area contributed by atoms with Crippen molar-refractivity contribution < 1.29 is 4.74 Å². The van der Waals surface area contributed by atoms with E-state index in [-0.39, 0.29) is 0 Å². The molecule has 1 unspecified atom stereocenters. The monoisotopic (exact) mass is 248 g/mol. The first-order valence-electron chi connectivity index (χ1n) is 6.78. The Bertz CT molecular complexity index is 392. The average Bonchev–Trinajstić information content (AvgIpc) is 2.43. The first kappa shape index (κ1) is 13.4. The van der Waals surface area contributed by atoms with Crippen molar-refractivity contribution in [1.82, 2.24) is 10.2 Å². The van der Waals surface area contributed by atoms with Crippen LogP contribution in [0.25, 0.3) is 0 Å². The number of rotatable bonds is 5. The molecule has 0 fully saturated rings. The highest BCUT2D eigenvalue weighted by Gasteiger charge is 2.23. The van der Waals surface area contributed by atoms with Crippen molar-refractivity contribution in [1.29, 1.82) is 0 Å². The highest BCUT2D eigenvalue weighted by molar-refractivity contribution is 5.39. The van der Waals surface area contributed by atoms with Crippen LogP contribution in [0.15, 0.2) is 18.2 Å². The number of benzene rings is 1. The molecular weight excluding hydrogens is 224 g/mol. The molecule has 18 heavy (non-hydrogen) atoms. The van der Waals surface area contributed by atoms with E-state index < -0.39 is 0 Å². The van der Waals surface area contributed by atoms with Gasteiger partial charge in [0.15, 0.2) is 0 Å². The minimum atomic E-state index is 0.563. The maximum atomic E-state index is 5.32. The number of ether oxygens (including phenoxy) is 1. The summed E-state index contributed by atoms with van der Waals surface area (Å²) in [4.78, 5) is 2.46. The number of likely N-dealkylation sites (N-methyl/N-ethyl adjacent to an activating group) is 2. The lowest BCUT2D eigenvalue weighted by Crippen LogP contribution is -2.32. The van der Waals surface area contributed by atoms with Crippen LogP contribution in [0.4, 0.5) is 0 Å². The largest absolute Gasteiger partial charge is 0.497 e. The number of nitrogens with one attached hydrogen (secondary N) is 1. The zero-order valence-corrected chi connectivity index (χ0v) is 11.7. The summed E-state index contributed by atoms with van der Waals surface area (Å²) >= 11 is 0. The van der Waals surface area contributed by atoms with Gasteiger partial charge in [0, 0.05) is 19.1 Å². The second-order valence-corrected chi connectivity index (χ2v) is 5.06. The molecule has 1 aromatic carbocycles. The molecule has 0 spiro atoms. The van der Waals surface area contributed by atoms with Gasteiger partial charge in [0.05, 0.1) is 7.11 Å². The van der Waals surface area contributed by atoms with Crippen LogP contribution < -0.4 is 10.1 Å². The molecule has 1 N–H and O–H groups in total. The normalized spacial score (nSPS) is 18.8.